The molecule has 0 radical (unpaired) electrons. The van der Waals surface area contributed by atoms with E-state index < -0.39 is 0 Å². The zero-order chi connectivity index (χ0) is 6.16. The second-order valence-electron chi connectivity index (χ2n) is 3.11. The molecule has 0 unspecified atom stereocenters. The summed E-state index contributed by atoms with van der Waals surface area (Å²) in [5.41, 5.74) is 0.429. The van der Waals surface area contributed by atoms with E-state index in [2.05, 4.69) is 5.32 Å². The highest BCUT2D eigenvalue weighted by molar-refractivity contribution is 5.85. The Bertz CT molecular complexity index is 106. The first kappa shape index (κ1) is 8.31. The van der Waals surface area contributed by atoms with Crippen molar-refractivity contribution in [3.8, 4) is 0 Å². The van der Waals surface area contributed by atoms with Crippen molar-refractivity contribution in [2.24, 2.45) is 0 Å². The lowest BCUT2D eigenvalue weighted by molar-refractivity contribution is -0.0106. The molecule has 1 heterocycles. The standard InChI is InChI=1S/C7H13NO.ClH/c1-2-7(3-1)6-9-5-4-8-7;/h8H,1-6H2;1H. The molecule has 2 nitrogen and oxygen atoms in total. The van der Waals surface area contributed by atoms with E-state index in [0.29, 0.717) is 5.54 Å². The molecule has 1 saturated heterocycles. The van der Waals surface area contributed by atoms with Gasteiger partial charge in [-0.25, -0.2) is 0 Å². The number of halogens is 1. The SMILES string of the molecule is C1CC2(C1)COCCN2.Cl. The molecule has 0 aromatic rings. The average Bonchev–Trinajstić information content (AvgIpc) is 1.87. The van der Waals surface area contributed by atoms with E-state index in [-0.39, 0.29) is 12.4 Å². The first-order valence-corrected chi connectivity index (χ1v) is 3.74. The molecule has 3 heteroatoms. The van der Waals surface area contributed by atoms with Crippen LogP contribution >= 0.6 is 12.4 Å². The Kier molecular flexibility index (Phi) is 2.55. The lowest BCUT2D eigenvalue weighted by Crippen LogP contribution is -2.58. The summed E-state index contributed by atoms with van der Waals surface area (Å²) in [5.74, 6) is 0. The van der Waals surface area contributed by atoms with Crippen molar-refractivity contribution in [1.82, 2.24) is 5.32 Å². The highest BCUT2D eigenvalue weighted by atomic mass is 35.5. The molecule has 2 aliphatic rings. The zero-order valence-corrected chi connectivity index (χ0v) is 6.88. The maximum absolute atomic E-state index is 5.36. The lowest BCUT2D eigenvalue weighted by Gasteiger charge is -2.45. The number of rotatable bonds is 0. The maximum Gasteiger partial charge on any atom is 0.0648 e. The summed E-state index contributed by atoms with van der Waals surface area (Å²) in [4.78, 5) is 0. The van der Waals surface area contributed by atoms with Crippen LogP contribution in [0, 0.1) is 0 Å². The molecule has 1 N–H and O–H groups in total. The van der Waals surface area contributed by atoms with E-state index in [1.807, 2.05) is 0 Å². The van der Waals surface area contributed by atoms with Gasteiger partial charge in [-0.1, -0.05) is 0 Å². The van der Waals surface area contributed by atoms with Crippen molar-refractivity contribution >= 4 is 12.4 Å². The summed E-state index contributed by atoms with van der Waals surface area (Å²) in [6.45, 7) is 2.91. The second kappa shape index (κ2) is 3.07. The number of morpholine rings is 1. The number of ether oxygens (including phenoxy) is 1. The molecule has 60 valence electrons. The molecule has 2 rings (SSSR count). The third-order valence-corrected chi connectivity index (χ3v) is 2.44. The Morgan fingerprint density at radius 2 is 2.10 bits per heavy atom. The molecular formula is C7H14ClNO. The molecule has 10 heavy (non-hydrogen) atoms. The van der Waals surface area contributed by atoms with E-state index in [4.69, 9.17) is 4.74 Å². The van der Waals surface area contributed by atoms with Crippen LogP contribution in [0.25, 0.3) is 0 Å². The first-order valence-electron chi connectivity index (χ1n) is 3.74. The molecule has 1 saturated carbocycles. The van der Waals surface area contributed by atoms with Gasteiger partial charge in [0.15, 0.2) is 0 Å². The van der Waals surface area contributed by atoms with Gasteiger partial charge in [0.1, 0.15) is 0 Å². The van der Waals surface area contributed by atoms with Crippen molar-refractivity contribution in [3.63, 3.8) is 0 Å². The predicted molar refractivity (Wildman–Crippen MR) is 42.7 cm³/mol. The van der Waals surface area contributed by atoms with Crippen LogP contribution < -0.4 is 5.32 Å². The van der Waals surface area contributed by atoms with Crippen LogP contribution in [0.1, 0.15) is 19.3 Å². The quantitative estimate of drug-likeness (QED) is 0.574. The van der Waals surface area contributed by atoms with Gasteiger partial charge in [0.05, 0.1) is 13.2 Å². The second-order valence-corrected chi connectivity index (χ2v) is 3.11. The summed E-state index contributed by atoms with van der Waals surface area (Å²) >= 11 is 0. The highest BCUT2D eigenvalue weighted by Crippen LogP contribution is 2.32. The zero-order valence-electron chi connectivity index (χ0n) is 6.06. The summed E-state index contributed by atoms with van der Waals surface area (Å²) in [7, 11) is 0. The third kappa shape index (κ3) is 1.29. The summed E-state index contributed by atoms with van der Waals surface area (Å²) in [5, 5.41) is 3.51. The molecule has 1 spiro atoms. The minimum Gasteiger partial charge on any atom is -0.378 e. The average molecular weight is 164 g/mol. The van der Waals surface area contributed by atoms with Crippen molar-refractivity contribution in [2.45, 2.75) is 24.8 Å². The van der Waals surface area contributed by atoms with Gasteiger partial charge in [0.2, 0.25) is 0 Å². The Labute approximate surface area is 67.7 Å². The summed E-state index contributed by atoms with van der Waals surface area (Å²) in [6.07, 6.45) is 4.04. The van der Waals surface area contributed by atoms with Gasteiger partial charge >= 0.3 is 0 Å². The molecule has 0 atom stereocenters. The molecule has 0 aromatic heterocycles. The minimum atomic E-state index is 0. The van der Waals surface area contributed by atoms with Crippen LogP contribution in [0.15, 0.2) is 0 Å². The lowest BCUT2D eigenvalue weighted by atomic mass is 9.77. The van der Waals surface area contributed by atoms with Gasteiger partial charge < -0.3 is 10.1 Å². The molecule has 0 bridgehead atoms. The molecule has 1 aliphatic heterocycles. The molecule has 0 aromatic carbocycles. The van der Waals surface area contributed by atoms with E-state index in [0.717, 1.165) is 19.8 Å². The van der Waals surface area contributed by atoms with Crippen molar-refractivity contribution in [1.29, 1.82) is 0 Å². The fraction of sp³-hybridized carbons (Fsp3) is 1.00. The van der Waals surface area contributed by atoms with Gasteiger partial charge in [-0.15, -0.1) is 12.4 Å². The van der Waals surface area contributed by atoms with Gasteiger partial charge in [-0.2, -0.15) is 0 Å². The largest absolute Gasteiger partial charge is 0.378 e. The van der Waals surface area contributed by atoms with Crippen LogP contribution in [0.4, 0.5) is 0 Å². The highest BCUT2D eigenvalue weighted by Gasteiger charge is 2.38. The third-order valence-electron chi connectivity index (χ3n) is 2.44. The number of hydrogen-bond donors (Lipinski definition) is 1. The fourth-order valence-electron chi connectivity index (χ4n) is 1.63. The topological polar surface area (TPSA) is 21.3 Å². The molecular weight excluding hydrogens is 150 g/mol. The smallest absolute Gasteiger partial charge is 0.0648 e. The monoisotopic (exact) mass is 163 g/mol. The summed E-state index contributed by atoms with van der Waals surface area (Å²) < 4.78 is 5.36. The first-order chi connectivity index (χ1) is 4.41. The predicted octanol–water partition coefficient (Wildman–Crippen LogP) is 0.951. The van der Waals surface area contributed by atoms with Crippen LogP contribution in [-0.4, -0.2) is 25.3 Å². The maximum atomic E-state index is 5.36. The fourth-order valence-corrected chi connectivity index (χ4v) is 1.63. The van der Waals surface area contributed by atoms with Crippen molar-refractivity contribution in [2.75, 3.05) is 19.8 Å². The van der Waals surface area contributed by atoms with E-state index >= 15 is 0 Å². The molecule has 2 fully saturated rings. The van der Waals surface area contributed by atoms with Crippen LogP contribution in [-0.2, 0) is 4.74 Å². The van der Waals surface area contributed by atoms with Crippen molar-refractivity contribution in [3.05, 3.63) is 0 Å². The van der Waals surface area contributed by atoms with E-state index in [9.17, 15) is 0 Å². The Morgan fingerprint density at radius 1 is 1.30 bits per heavy atom. The normalized spacial score (nSPS) is 28.8. The van der Waals surface area contributed by atoms with Crippen LogP contribution in [0.3, 0.4) is 0 Å². The summed E-state index contributed by atoms with van der Waals surface area (Å²) in [6, 6.07) is 0. The Hall–Kier alpha value is 0.210. The minimum absolute atomic E-state index is 0. The van der Waals surface area contributed by atoms with E-state index in [1.165, 1.54) is 19.3 Å². The Morgan fingerprint density at radius 3 is 2.40 bits per heavy atom. The van der Waals surface area contributed by atoms with Gasteiger partial charge in [-0.3, -0.25) is 0 Å². The van der Waals surface area contributed by atoms with E-state index in [1.54, 1.807) is 0 Å². The van der Waals surface area contributed by atoms with Crippen LogP contribution in [0.2, 0.25) is 0 Å². The van der Waals surface area contributed by atoms with Crippen molar-refractivity contribution < 1.29 is 4.74 Å². The molecule has 1 aliphatic carbocycles. The molecule has 0 amide bonds. The van der Waals surface area contributed by atoms with Crippen LogP contribution in [0.5, 0.6) is 0 Å². The van der Waals surface area contributed by atoms with Gasteiger partial charge in [0, 0.05) is 12.1 Å². The Balaban J connectivity index is 0.000000500. The number of nitrogens with one attached hydrogen (secondary N) is 1. The van der Waals surface area contributed by atoms with Gasteiger partial charge in [-0.05, 0) is 19.3 Å². The number of hydrogen-bond acceptors (Lipinski definition) is 2. The van der Waals surface area contributed by atoms with Gasteiger partial charge in [0.25, 0.3) is 0 Å².